The second-order valence-corrected chi connectivity index (χ2v) is 5.02. The van der Waals surface area contributed by atoms with Crippen LogP contribution in [0.2, 0.25) is 0 Å². The molecule has 0 heterocycles. The molecule has 0 amide bonds. The number of rotatable bonds is 10. The highest BCUT2D eigenvalue weighted by atomic mass is 16.6. The summed E-state index contributed by atoms with van der Waals surface area (Å²) in [6.07, 6.45) is 0. The van der Waals surface area contributed by atoms with Gasteiger partial charge in [0.15, 0.2) is 11.4 Å². The third-order valence-corrected chi connectivity index (χ3v) is 3.18. The van der Waals surface area contributed by atoms with E-state index in [2.05, 4.69) is 25.5 Å². The van der Waals surface area contributed by atoms with Gasteiger partial charge in [0, 0.05) is 11.1 Å². The Balaban J connectivity index is 3.03. The molecule has 1 N–H and O–H groups in total. The summed E-state index contributed by atoms with van der Waals surface area (Å²) < 4.78 is 0. The maximum atomic E-state index is 11.4. The van der Waals surface area contributed by atoms with E-state index >= 15 is 0 Å². The van der Waals surface area contributed by atoms with Gasteiger partial charge in [0.25, 0.3) is 0 Å². The summed E-state index contributed by atoms with van der Waals surface area (Å²) in [5.74, 6) is -1.22. The van der Waals surface area contributed by atoms with Crippen molar-refractivity contribution in [1.82, 2.24) is 0 Å². The van der Waals surface area contributed by atoms with Gasteiger partial charge in [0.2, 0.25) is 0 Å². The lowest BCUT2D eigenvalue weighted by Crippen LogP contribution is -2.21. The molecule has 0 aromatic heterocycles. The number of carboxylic acids is 1. The Hall–Kier alpha value is -3.43. The molecule has 0 aliphatic rings. The smallest absolute Gasteiger partial charge is 0.358 e. The summed E-state index contributed by atoms with van der Waals surface area (Å²) in [7, 11) is 4.08. The van der Waals surface area contributed by atoms with Crippen LogP contribution in [0.15, 0.2) is 44.9 Å². The molecule has 10 nitrogen and oxygen atoms in total. The molecular weight excluding hydrogens is 356 g/mol. The molecule has 0 saturated heterocycles. The molecule has 1 aromatic rings. The SMILES string of the molecule is CON=C(C)C(=NOC)C(C)=NOCc1ccccc1C(=NOC)C(=O)O. The topological polar surface area (TPSA) is 124 Å². The van der Waals surface area contributed by atoms with Crippen molar-refractivity contribution in [2.24, 2.45) is 20.6 Å². The molecule has 146 valence electrons. The molecule has 0 radical (unpaired) electrons. The first-order chi connectivity index (χ1) is 13.0. The van der Waals surface area contributed by atoms with E-state index in [0.29, 0.717) is 28.3 Å². The Bertz CT molecular complexity index is 770. The largest absolute Gasteiger partial charge is 0.476 e. The van der Waals surface area contributed by atoms with E-state index in [1.807, 2.05) is 0 Å². The van der Waals surface area contributed by atoms with E-state index in [1.54, 1.807) is 38.1 Å². The Morgan fingerprint density at radius 3 is 2.11 bits per heavy atom. The van der Waals surface area contributed by atoms with Crippen LogP contribution in [-0.2, 0) is 30.8 Å². The van der Waals surface area contributed by atoms with Crippen LogP contribution in [-0.4, -0.2) is 55.3 Å². The summed E-state index contributed by atoms with van der Waals surface area (Å²) in [6, 6.07) is 6.75. The van der Waals surface area contributed by atoms with Gasteiger partial charge in [-0.05, 0) is 13.8 Å². The van der Waals surface area contributed by atoms with Gasteiger partial charge in [-0.1, -0.05) is 44.9 Å². The summed E-state index contributed by atoms with van der Waals surface area (Å²) in [5, 5.41) is 24.5. The monoisotopic (exact) mass is 378 g/mol. The van der Waals surface area contributed by atoms with Gasteiger partial charge in [-0.15, -0.1) is 0 Å². The minimum absolute atomic E-state index is 0.00422. The normalized spacial score (nSPS) is 13.2. The van der Waals surface area contributed by atoms with Gasteiger partial charge in [0.05, 0.1) is 0 Å². The molecule has 27 heavy (non-hydrogen) atoms. The molecule has 0 atom stereocenters. The van der Waals surface area contributed by atoms with E-state index in [1.165, 1.54) is 21.3 Å². The van der Waals surface area contributed by atoms with Crippen molar-refractivity contribution in [3.63, 3.8) is 0 Å². The fourth-order valence-corrected chi connectivity index (χ4v) is 2.08. The maximum Gasteiger partial charge on any atom is 0.358 e. The van der Waals surface area contributed by atoms with Crippen molar-refractivity contribution in [1.29, 1.82) is 0 Å². The van der Waals surface area contributed by atoms with Crippen molar-refractivity contribution >= 4 is 28.8 Å². The van der Waals surface area contributed by atoms with Gasteiger partial charge in [0.1, 0.15) is 39.4 Å². The molecule has 0 unspecified atom stereocenters. The number of aliphatic carboxylic acids is 1. The standard InChI is InChI=1S/C17H22N4O6/c1-11(18-24-3)15(20-25-4)12(2)19-27-10-13-8-6-7-9-14(13)16(17(22)23)21-26-5/h6-9H,10H2,1-5H3,(H,22,23). The van der Waals surface area contributed by atoms with Crippen molar-refractivity contribution in [3.05, 3.63) is 35.4 Å². The van der Waals surface area contributed by atoms with Gasteiger partial charge in [-0.2, -0.15) is 0 Å². The van der Waals surface area contributed by atoms with Gasteiger partial charge < -0.3 is 24.5 Å². The number of nitrogens with zero attached hydrogens (tertiary/aromatic N) is 4. The third kappa shape index (κ3) is 6.42. The maximum absolute atomic E-state index is 11.4. The average Bonchev–Trinajstić information content (AvgIpc) is 2.64. The highest BCUT2D eigenvalue weighted by Gasteiger charge is 2.18. The number of oxime groups is 4. The lowest BCUT2D eigenvalue weighted by Gasteiger charge is -2.09. The van der Waals surface area contributed by atoms with E-state index in [4.69, 9.17) is 14.5 Å². The first-order valence-electron chi connectivity index (χ1n) is 7.75. The molecular formula is C17H22N4O6. The van der Waals surface area contributed by atoms with Crippen molar-refractivity contribution in [2.75, 3.05) is 21.3 Å². The minimum Gasteiger partial charge on any atom is -0.476 e. The van der Waals surface area contributed by atoms with Crippen LogP contribution in [0.1, 0.15) is 25.0 Å². The number of carbonyl (C=O) groups is 1. The number of carboxylic acid groups (broad SMARTS) is 1. The van der Waals surface area contributed by atoms with E-state index in [-0.39, 0.29) is 12.3 Å². The molecule has 0 saturated carbocycles. The lowest BCUT2D eigenvalue weighted by atomic mass is 10.0. The van der Waals surface area contributed by atoms with Crippen LogP contribution >= 0.6 is 0 Å². The van der Waals surface area contributed by atoms with Gasteiger partial charge in [-0.3, -0.25) is 0 Å². The van der Waals surface area contributed by atoms with Crippen LogP contribution in [0.4, 0.5) is 0 Å². The zero-order valence-electron chi connectivity index (χ0n) is 15.8. The predicted molar refractivity (Wildman–Crippen MR) is 100 cm³/mol. The first-order valence-corrected chi connectivity index (χ1v) is 7.75. The Morgan fingerprint density at radius 2 is 1.52 bits per heavy atom. The minimum atomic E-state index is -1.22. The molecule has 0 fully saturated rings. The number of hydrogen-bond donors (Lipinski definition) is 1. The summed E-state index contributed by atoms with van der Waals surface area (Å²) >= 11 is 0. The number of hydrogen-bond acceptors (Lipinski definition) is 9. The van der Waals surface area contributed by atoms with Crippen LogP contribution in [0, 0.1) is 0 Å². The second kappa shape index (κ2) is 11.2. The Kier molecular flexibility index (Phi) is 8.99. The fourth-order valence-electron chi connectivity index (χ4n) is 2.08. The molecule has 10 heteroatoms. The highest BCUT2D eigenvalue weighted by molar-refractivity contribution is 6.67. The van der Waals surface area contributed by atoms with Crippen molar-refractivity contribution in [2.45, 2.75) is 20.5 Å². The van der Waals surface area contributed by atoms with Gasteiger partial charge in [-0.25, -0.2) is 4.79 Å². The van der Waals surface area contributed by atoms with E-state index < -0.39 is 5.97 Å². The van der Waals surface area contributed by atoms with Crippen LogP contribution in [0.5, 0.6) is 0 Å². The fraction of sp³-hybridized carbons (Fsp3) is 0.353. The third-order valence-electron chi connectivity index (χ3n) is 3.18. The first kappa shape index (κ1) is 21.6. The number of benzene rings is 1. The average molecular weight is 378 g/mol. The predicted octanol–water partition coefficient (Wildman–Crippen LogP) is 2.04. The summed E-state index contributed by atoms with van der Waals surface area (Å²) in [4.78, 5) is 30.8. The highest BCUT2D eigenvalue weighted by Crippen LogP contribution is 2.13. The van der Waals surface area contributed by atoms with Crippen molar-refractivity contribution in [3.8, 4) is 0 Å². The van der Waals surface area contributed by atoms with Crippen molar-refractivity contribution < 1.29 is 29.3 Å². The quantitative estimate of drug-likeness (QED) is 0.491. The molecule has 0 spiro atoms. The molecule has 0 bridgehead atoms. The molecule has 1 aromatic carbocycles. The van der Waals surface area contributed by atoms with Crippen LogP contribution in [0.3, 0.4) is 0 Å². The lowest BCUT2D eigenvalue weighted by molar-refractivity contribution is -0.129. The Morgan fingerprint density at radius 1 is 0.926 bits per heavy atom. The molecule has 1 rings (SSSR count). The molecule has 0 aliphatic carbocycles. The van der Waals surface area contributed by atoms with Gasteiger partial charge >= 0.3 is 5.97 Å². The molecule has 0 aliphatic heterocycles. The Labute approximate surface area is 156 Å². The van der Waals surface area contributed by atoms with E-state index in [0.717, 1.165) is 0 Å². The zero-order valence-corrected chi connectivity index (χ0v) is 15.8. The van der Waals surface area contributed by atoms with Crippen LogP contribution < -0.4 is 0 Å². The van der Waals surface area contributed by atoms with Crippen LogP contribution in [0.25, 0.3) is 0 Å². The summed E-state index contributed by atoms with van der Waals surface area (Å²) in [6.45, 7) is 3.34. The zero-order chi connectivity index (χ0) is 20.2. The van der Waals surface area contributed by atoms with E-state index in [9.17, 15) is 9.90 Å². The summed E-state index contributed by atoms with van der Waals surface area (Å²) in [5.41, 5.74) is 1.89. The second-order valence-electron chi connectivity index (χ2n) is 5.02.